The van der Waals surface area contributed by atoms with Crippen molar-refractivity contribution < 1.29 is 0 Å². The molecule has 0 heterocycles. The molecule has 2 heteroatoms. The van der Waals surface area contributed by atoms with E-state index in [0.29, 0.717) is 6.04 Å². The predicted molar refractivity (Wildman–Crippen MR) is 69.3 cm³/mol. The summed E-state index contributed by atoms with van der Waals surface area (Å²) < 4.78 is 0. The highest BCUT2D eigenvalue weighted by atomic mass is 15.2. The van der Waals surface area contributed by atoms with Gasteiger partial charge in [0.15, 0.2) is 0 Å². The zero-order valence-electron chi connectivity index (χ0n) is 11.7. The molecule has 0 saturated carbocycles. The molecule has 0 aliphatic heterocycles. The molecule has 0 amide bonds. The van der Waals surface area contributed by atoms with Crippen LogP contribution in [0, 0.1) is 5.92 Å². The predicted octanol–water partition coefficient (Wildman–Crippen LogP) is 2.74. The van der Waals surface area contributed by atoms with Gasteiger partial charge in [-0.05, 0) is 46.8 Å². The van der Waals surface area contributed by atoms with E-state index < -0.39 is 0 Å². The van der Waals surface area contributed by atoms with Gasteiger partial charge in [-0.25, -0.2) is 0 Å². The molecule has 0 rings (SSSR count). The van der Waals surface area contributed by atoms with E-state index in [0.717, 1.165) is 5.92 Å². The largest absolute Gasteiger partial charge is 0.315 e. The van der Waals surface area contributed by atoms with Crippen LogP contribution in [0.1, 0.15) is 47.0 Å². The van der Waals surface area contributed by atoms with Crippen LogP contribution in [0.15, 0.2) is 0 Å². The van der Waals surface area contributed by atoms with Crippen LogP contribution in [0.3, 0.4) is 0 Å². The van der Waals surface area contributed by atoms with Crippen molar-refractivity contribution in [3.63, 3.8) is 0 Å². The van der Waals surface area contributed by atoms with Crippen LogP contribution < -0.4 is 5.32 Å². The van der Waals surface area contributed by atoms with Crippen molar-refractivity contribution >= 4 is 0 Å². The van der Waals surface area contributed by atoms with Crippen molar-refractivity contribution in [2.75, 3.05) is 21.1 Å². The average Bonchev–Trinajstić information content (AvgIpc) is 2.23. The minimum atomic E-state index is 0.262. The van der Waals surface area contributed by atoms with Crippen LogP contribution in [-0.2, 0) is 0 Å². The second-order valence-electron chi connectivity index (χ2n) is 5.20. The number of nitrogens with zero attached hydrogens (tertiary/aromatic N) is 1. The third-order valence-electron chi connectivity index (χ3n) is 4.17. The second-order valence-corrected chi connectivity index (χ2v) is 5.20. The van der Waals surface area contributed by atoms with Crippen LogP contribution in [-0.4, -0.2) is 37.6 Å². The molecule has 1 N–H and O–H groups in total. The maximum absolute atomic E-state index is 3.50. The van der Waals surface area contributed by atoms with E-state index in [1.54, 1.807) is 0 Å². The Labute approximate surface area is 96.4 Å². The Balaban J connectivity index is 4.61. The Morgan fingerprint density at radius 1 is 1.27 bits per heavy atom. The van der Waals surface area contributed by atoms with Gasteiger partial charge >= 0.3 is 0 Å². The van der Waals surface area contributed by atoms with Gasteiger partial charge in [-0.1, -0.05) is 27.2 Å². The summed E-state index contributed by atoms with van der Waals surface area (Å²) >= 11 is 0. The lowest BCUT2D eigenvalue weighted by Gasteiger charge is -2.43. The van der Waals surface area contributed by atoms with Gasteiger partial charge < -0.3 is 10.2 Å². The zero-order chi connectivity index (χ0) is 12.1. The normalized spacial score (nSPS) is 20.0. The molecule has 3 atom stereocenters. The van der Waals surface area contributed by atoms with E-state index in [9.17, 15) is 0 Å². The molecule has 0 bridgehead atoms. The van der Waals surface area contributed by atoms with Gasteiger partial charge in [0.1, 0.15) is 0 Å². The lowest BCUT2D eigenvalue weighted by Crippen LogP contribution is -2.56. The van der Waals surface area contributed by atoms with Gasteiger partial charge in [0, 0.05) is 11.6 Å². The zero-order valence-corrected chi connectivity index (χ0v) is 11.7. The summed E-state index contributed by atoms with van der Waals surface area (Å²) in [5, 5.41) is 3.50. The summed E-state index contributed by atoms with van der Waals surface area (Å²) in [6, 6.07) is 0.576. The lowest BCUT2D eigenvalue weighted by atomic mass is 9.82. The molecule has 0 aromatic carbocycles. The van der Waals surface area contributed by atoms with Crippen molar-refractivity contribution in [3.8, 4) is 0 Å². The van der Waals surface area contributed by atoms with Gasteiger partial charge in [-0.15, -0.1) is 0 Å². The molecule has 0 radical (unpaired) electrons. The SMILES string of the molecule is CCC(C)CC(NC)C(C)(CC)N(C)C. The third-order valence-corrected chi connectivity index (χ3v) is 4.17. The molecule has 0 aliphatic rings. The first kappa shape index (κ1) is 14.9. The molecular formula is C13H30N2. The van der Waals surface area contributed by atoms with Crippen LogP contribution in [0.2, 0.25) is 0 Å². The molecule has 0 saturated heterocycles. The van der Waals surface area contributed by atoms with Crippen molar-refractivity contribution in [1.82, 2.24) is 10.2 Å². The Hall–Kier alpha value is -0.0800. The molecule has 3 unspecified atom stereocenters. The van der Waals surface area contributed by atoms with Gasteiger partial charge in [-0.3, -0.25) is 0 Å². The third kappa shape index (κ3) is 3.76. The minimum absolute atomic E-state index is 0.262. The molecule has 2 nitrogen and oxygen atoms in total. The fourth-order valence-corrected chi connectivity index (χ4v) is 2.13. The summed E-state index contributed by atoms with van der Waals surface area (Å²) in [5.41, 5.74) is 0.262. The highest BCUT2D eigenvalue weighted by Crippen LogP contribution is 2.26. The number of rotatable bonds is 7. The summed E-state index contributed by atoms with van der Waals surface area (Å²) in [7, 11) is 6.46. The number of nitrogens with one attached hydrogen (secondary N) is 1. The van der Waals surface area contributed by atoms with E-state index in [-0.39, 0.29) is 5.54 Å². The number of likely N-dealkylation sites (N-methyl/N-ethyl adjacent to an activating group) is 2. The van der Waals surface area contributed by atoms with Crippen LogP contribution in [0.5, 0.6) is 0 Å². The first-order chi connectivity index (χ1) is 6.92. The van der Waals surface area contributed by atoms with Gasteiger partial charge in [0.25, 0.3) is 0 Å². The number of hydrogen-bond donors (Lipinski definition) is 1. The van der Waals surface area contributed by atoms with Crippen LogP contribution in [0.4, 0.5) is 0 Å². The maximum atomic E-state index is 3.50. The number of hydrogen-bond acceptors (Lipinski definition) is 2. The van der Waals surface area contributed by atoms with E-state index >= 15 is 0 Å². The molecule has 0 aliphatic carbocycles. The van der Waals surface area contributed by atoms with Crippen LogP contribution >= 0.6 is 0 Å². The quantitative estimate of drug-likeness (QED) is 0.701. The van der Waals surface area contributed by atoms with E-state index in [4.69, 9.17) is 0 Å². The highest BCUT2D eigenvalue weighted by molar-refractivity contribution is 4.94. The van der Waals surface area contributed by atoms with Crippen molar-refractivity contribution in [3.05, 3.63) is 0 Å². The fourth-order valence-electron chi connectivity index (χ4n) is 2.13. The first-order valence-electron chi connectivity index (χ1n) is 6.27. The summed E-state index contributed by atoms with van der Waals surface area (Å²) in [6.07, 6.45) is 3.71. The molecule has 0 fully saturated rings. The highest BCUT2D eigenvalue weighted by Gasteiger charge is 2.34. The molecule has 92 valence electrons. The van der Waals surface area contributed by atoms with Crippen LogP contribution in [0.25, 0.3) is 0 Å². The Kier molecular flexibility index (Phi) is 6.46. The Morgan fingerprint density at radius 3 is 2.07 bits per heavy atom. The Morgan fingerprint density at radius 2 is 1.80 bits per heavy atom. The molecule has 15 heavy (non-hydrogen) atoms. The Bertz CT molecular complexity index is 168. The van der Waals surface area contributed by atoms with E-state index in [2.05, 4.69) is 59.1 Å². The van der Waals surface area contributed by atoms with Crippen molar-refractivity contribution in [1.29, 1.82) is 0 Å². The van der Waals surface area contributed by atoms with Crippen molar-refractivity contribution in [2.24, 2.45) is 5.92 Å². The first-order valence-corrected chi connectivity index (χ1v) is 6.27. The van der Waals surface area contributed by atoms with Gasteiger partial charge in [-0.2, -0.15) is 0 Å². The van der Waals surface area contributed by atoms with Crippen molar-refractivity contribution in [2.45, 2.75) is 58.5 Å². The summed E-state index contributed by atoms with van der Waals surface area (Å²) in [6.45, 7) is 9.25. The van der Waals surface area contributed by atoms with E-state index in [1.165, 1.54) is 19.3 Å². The molecular weight excluding hydrogens is 184 g/mol. The maximum Gasteiger partial charge on any atom is 0.0325 e. The topological polar surface area (TPSA) is 15.3 Å². The lowest BCUT2D eigenvalue weighted by molar-refractivity contribution is 0.103. The van der Waals surface area contributed by atoms with E-state index in [1.807, 2.05) is 0 Å². The standard InChI is InChI=1S/C13H30N2/c1-8-11(3)10-12(14-5)13(4,9-2)15(6)7/h11-12,14H,8-10H2,1-7H3. The molecule has 0 spiro atoms. The smallest absolute Gasteiger partial charge is 0.0325 e. The second kappa shape index (κ2) is 6.49. The monoisotopic (exact) mass is 214 g/mol. The summed E-state index contributed by atoms with van der Waals surface area (Å²) in [4.78, 5) is 2.36. The summed E-state index contributed by atoms with van der Waals surface area (Å²) in [5.74, 6) is 0.799. The fraction of sp³-hybridized carbons (Fsp3) is 1.00. The van der Waals surface area contributed by atoms with Gasteiger partial charge in [0.05, 0.1) is 0 Å². The minimum Gasteiger partial charge on any atom is -0.315 e. The molecule has 0 aromatic rings. The van der Waals surface area contributed by atoms with Gasteiger partial charge in [0.2, 0.25) is 0 Å². The molecule has 0 aromatic heterocycles. The average molecular weight is 214 g/mol.